The first-order chi connectivity index (χ1) is 24.6. The topological polar surface area (TPSA) is 183 Å². The number of amides is 2. The maximum absolute atomic E-state index is 13.9. The Kier molecular flexibility index (Phi) is 12.3. The number of methoxy groups -OCH3 is 1. The summed E-state index contributed by atoms with van der Waals surface area (Å²) in [4.78, 5) is 25.5. The van der Waals surface area contributed by atoms with Crippen molar-refractivity contribution in [2.45, 2.75) is 121 Å². The highest BCUT2D eigenvalue weighted by Gasteiger charge is 2.47. The van der Waals surface area contributed by atoms with E-state index in [0.717, 1.165) is 30.7 Å². The minimum Gasteiger partial charge on any atom is -0.444 e. The fourth-order valence-corrected chi connectivity index (χ4v) is 6.80. The first-order valence-electron chi connectivity index (χ1n) is 17.4. The van der Waals surface area contributed by atoms with Crippen LogP contribution in [-0.4, -0.2) is 98.2 Å². The summed E-state index contributed by atoms with van der Waals surface area (Å²) in [5, 5.41) is 39.3. The molecule has 2 aromatic heterocycles. The van der Waals surface area contributed by atoms with Crippen LogP contribution in [0.1, 0.15) is 83.7 Å². The summed E-state index contributed by atoms with van der Waals surface area (Å²) in [6.07, 6.45) is -0.232. The molecule has 1 saturated carbocycles. The molecule has 0 unspecified atom stereocenters. The van der Waals surface area contributed by atoms with Gasteiger partial charge in [0.2, 0.25) is 5.91 Å². The highest BCUT2D eigenvalue weighted by Crippen LogP contribution is 2.36. The largest absolute Gasteiger partial charge is 0.444 e. The summed E-state index contributed by atoms with van der Waals surface area (Å²) in [6, 6.07) is 1.65. The van der Waals surface area contributed by atoms with E-state index in [1.54, 1.807) is 20.8 Å². The fraction of sp³-hybridized carbons (Fsp3) is 0.629. The maximum Gasteiger partial charge on any atom is 0.408 e. The van der Waals surface area contributed by atoms with Crippen LogP contribution in [0.5, 0.6) is 0 Å². The normalized spacial score (nSPS) is 25.9. The third-order valence-corrected chi connectivity index (χ3v) is 9.42. The van der Waals surface area contributed by atoms with Gasteiger partial charge in [-0.2, -0.15) is 0 Å². The van der Waals surface area contributed by atoms with Crippen LogP contribution in [0.2, 0.25) is 0 Å². The summed E-state index contributed by atoms with van der Waals surface area (Å²) >= 11 is 0. The van der Waals surface area contributed by atoms with E-state index < -0.39 is 72.3 Å². The summed E-state index contributed by atoms with van der Waals surface area (Å²) in [6.45, 7) is 8.45. The molecule has 17 heteroatoms. The number of rotatable bonds is 11. The smallest absolute Gasteiger partial charge is 0.408 e. The van der Waals surface area contributed by atoms with Crippen LogP contribution >= 0.6 is 0 Å². The van der Waals surface area contributed by atoms with E-state index in [0.29, 0.717) is 18.6 Å². The molecule has 1 aliphatic heterocycles. The quantitative estimate of drug-likeness (QED) is 0.209. The average molecular weight is 737 g/mol. The molecule has 6 atom stereocenters. The first-order valence-corrected chi connectivity index (χ1v) is 17.4. The molecule has 0 bridgehead atoms. The molecule has 1 saturated heterocycles. The Morgan fingerprint density at radius 1 is 1.08 bits per heavy atom. The molecule has 2 amide bonds. The molecule has 0 spiro atoms. The number of carbonyl (C=O) groups excluding carboxylic acids is 2. The molecular formula is C35H47F3N6O8. The standard InChI is InChI=1S/C35H47F3N6O8/c1-17(2)29(40-34(48)51-35(3,4)5)33(47)39-20-9-7-18(8-10-20)24-13-21(52-42-24)14-26-32(49-6)30(31(46)27(16-45)50-26)44-15-25(41-43-44)19-11-22(36)28(38)23(37)12-19/h11-13,15,17-18,20,26-27,29-32,45-46H,7-10,14,16H2,1-6H3,(H,39,47)(H,40,48)/t18?,20?,26-,27-,29+,30+,31+,32+/m1/s1. The molecule has 4 N–H and O–H groups in total. The van der Waals surface area contributed by atoms with Crippen molar-refractivity contribution in [3.05, 3.63) is 53.3 Å². The zero-order valence-electron chi connectivity index (χ0n) is 30.0. The van der Waals surface area contributed by atoms with Gasteiger partial charge in [-0.15, -0.1) is 5.10 Å². The molecule has 3 heterocycles. The number of aliphatic hydroxyl groups is 2. The van der Waals surface area contributed by atoms with Crippen molar-refractivity contribution < 1.29 is 51.7 Å². The van der Waals surface area contributed by atoms with E-state index >= 15 is 0 Å². The minimum absolute atomic E-state index is 0.0230. The Balaban J connectivity index is 1.21. The molecule has 2 aliphatic rings. The zero-order chi connectivity index (χ0) is 37.9. The highest BCUT2D eigenvalue weighted by molar-refractivity contribution is 5.86. The Bertz CT molecular complexity index is 1670. The van der Waals surface area contributed by atoms with Gasteiger partial charge in [-0.25, -0.2) is 22.6 Å². The number of hydrogen-bond donors (Lipinski definition) is 4. The van der Waals surface area contributed by atoms with Gasteiger partial charge in [0.25, 0.3) is 0 Å². The van der Waals surface area contributed by atoms with Crippen LogP contribution in [0, 0.1) is 23.4 Å². The van der Waals surface area contributed by atoms with E-state index in [1.165, 1.54) is 18.0 Å². The van der Waals surface area contributed by atoms with Crippen molar-refractivity contribution in [2.24, 2.45) is 5.92 Å². The zero-order valence-corrected chi connectivity index (χ0v) is 30.0. The van der Waals surface area contributed by atoms with Crippen LogP contribution in [0.25, 0.3) is 11.3 Å². The number of hydrogen-bond acceptors (Lipinski definition) is 11. The summed E-state index contributed by atoms with van der Waals surface area (Å²) in [7, 11) is 1.42. The van der Waals surface area contributed by atoms with Crippen molar-refractivity contribution in [3.63, 3.8) is 0 Å². The predicted molar refractivity (Wildman–Crippen MR) is 178 cm³/mol. The molecule has 1 aliphatic carbocycles. The number of aliphatic hydroxyl groups excluding tert-OH is 2. The third-order valence-electron chi connectivity index (χ3n) is 9.42. The van der Waals surface area contributed by atoms with Crippen molar-refractivity contribution >= 4 is 12.0 Å². The second-order valence-electron chi connectivity index (χ2n) is 14.8. The van der Waals surface area contributed by atoms with Gasteiger partial charge in [0.15, 0.2) is 17.5 Å². The number of benzene rings is 1. The van der Waals surface area contributed by atoms with E-state index in [1.807, 2.05) is 19.9 Å². The van der Waals surface area contributed by atoms with Crippen molar-refractivity contribution in [2.75, 3.05) is 13.7 Å². The average Bonchev–Trinajstić information content (AvgIpc) is 3.76. The third kappa shape index (κ3) is 9.11. The second-order valence-corrected chi connectivity index (χ2v) is 14.8. The van der Waals surface area contributed by atoms with E-state index in [2.05, 4.69) is 26.1 Å². The Morgan fingerprint density at radius 3 is 2.35 bits per heavy atom. The fourth-order valence-electron chi connectivity index (χ4n) is 6.80. The van der Waals surface area contributed by atoms with Crippen molar-refractivity contribution in [3.8, 4) is 11.3 Å². The van der Waals surface area contributed by atoms with Crippen LogP contribution in [-0.2, 0) is 25.4 Å². The van der Waals surface area contributed by atoms with E-state index in [4.69, 9.17) is 18.7 Å². The Hall–Kier alpha value is -4.06. The van der Waals surface area contributed by atoms with Crippen LogP contribution < -0.4 is 10.6 Å². The number of nitrogens with zero attached hydrogens (tertiary/aromatic N) is 4. The number of ether oxygens (including phenoxy) is 3. The Morgan fingerprint density at radius 2 is 1.75 bits per heavy atom. The van der Waals surface area contributed by atoms with Gasteiger partial charge in [-0.3, -0.25) is 4.79 Å². The van der Waals surface area contributed by atoms with Crippen molar-refractivity contribution in [1.82, 2.24) is 30.8 Å². The second kappa shape index (κ2) is 16.3. The van der Waals surface area contributed by atoms with E-state index in [-0.39, 0.29) is 41.5 Å². The van der Waals surface area contributed by atoms with Gasteiger partial charge in [-0.05, 0) is 64.5 Å². The summed E-state index contributed by atoms with van der Waals surface area (Å²) < 4.78 is 65.5. The lowest BCUT2D eigenvalue weighted by Gasteiger charge is -2.43. The monoisotopic (exact) mass is 736 g/mol. The van der Waals surface area contributed by atoms with Gasteiger partial charge in [0.05, 0.1) is 24.6 Å². The number of alkyl carbamates (subject to hydrolysis) is 1. The molecular weight excluding hydrogens is 689 g/mol. The lowest BCUT2D eigenvalue weighted by atomic mass is 9.83. The number of nitrogens with one attached hydrogen (secondary N) is 2. The molecule has 52 heavy (non-hydrogen) atoms. The van der Waals surface area contributed by atoms with Crippen LogP contribution in [0.15, 0.2) is 28.9 Å². The molecule has 1 aromatic carbocycles. The van der Waals surface area contributed by atoms with Gasteiger partial charge in [0.1, 0.15) is 47.5 Å². The molecule has 5 rings (SSSR count). The lowest BCUT2D eigenvalue weighted by molar-refractivity contribution is -0.212. The van der Waals surface area contributed by atoms with Crippen LogP contribution in [0.4, 0.5) is 18.0 Å². The van der Waals surface area contributed by atoms with Crippen molar-refractivity contribution in [1.29, 1.82) is 0 Å². The van der Waals surface area contributed by atoms with Gasteiger partial charge in [0, 0.05) is 37.1 Å². The summed E-state index contributed by atoms with van der Waals surface area (Å²) in [5.41, 5.74) is 0.0154. The minimum atomic E-state index is -1.61. The maximum atomic E-state index is 13.9. The molecule has 0 radical (unpaired) electrons. The molecule has 14 nitrogen and oxygen atoms in total. The van der Waals surface area contributed by atoms with Gasteiger partial charge >= 0.3 is 6.09 Å². The van der Waals surface area contributed by atoms with Crippen LogP contribution in [0.3, 0.4) is 0 Å². The number of carbonyl (C=O) groups is 2. The first kappa shape index (κ1) is 39.2. The SMILES string of the molecule is CO[C@@H]1[C@@H](n2cc(-c3cc(F)c(F)c(F)c3)nn2)[C@@H](O)[C@@H](CO)O[C@@H]1Cc1cc(C2CCC(NC(=O)[C@@H](NC(=O)OC(C)(C)C)C(C)C)CC2)no1. The lowest BCUT2D eigenvalue weighted by Crippen LogP contribution is -2.57. The number of halogens is 3. The molecule has 3 aromatic rings. The predicted octanol–water partition coefficient (Wildman–Crippen LogP) is 3.96. The summed E-state index contributed by atoms with van der Waals surface area (Å²) in [5.74, 6) is -4.25. The highest BCUT2D eigenvalue weighted by atomic mass is 19.2. The molecule has 2 fully saturated rings. The number of aromatic nitrogens is 4. The van der Waals surface area contributed by atoms with Gasteiger partial charge < -0.3 is 39.6 Å². The van der Waals surface area contributed by atoms with Gasteiger partial charge in [-0.1, -0.05) is 24.2 Å². The Labute approximate surface area is 299 Å². The van der Waals surface area contributed by atoms with E-state index in [9.17, 15) is 33.0 Å². The molecule has 286 valence electrons.